The molecule has 3 heteroatoms. The summed E-state index contributed by atoms with van der Waals surface area (Å²) in [6.45, 7) is 2.26. The molecule has 20 heavy (non-hydrogen) atoms. The minimum Gasteiger partial charge on any atom is -0.497 e. The van der Waals surface area contributed by atoms with Crippen molar-refractivity contribution in [2.75, 3.05) is 7.11 Å². The summed E-state index contributed by atoms with van der Waals surface area (Å²) < 4.78 is 5.20. The standard InChI is InChI=1S/C17H21NOS/c1-12(17-4-3-9-20-17)18-15-10-14(11-15)13-5-7-16(19-2)8-6-13/h3-9,12,14-15,18H,10-11H2,1-2H3. The summed E-state index contributed by atoms with van der Waals surface area (Å²) >= 11 is 1.83. The highest BCUT2D eigenvalue weighted by Gasteiger charge is 2.31. The van der Waals surface area contributed by atoms with E-state index in [-0.39, 0.29) is 0 Å². The number of hydrogen-bond acceptors (Lipinski definition) is 3. The van der Waals surface area contributed by atoms with E-state index in [1.54, 1.807) is 7.11 Å². The molecule has 3 rings (SSSR count). The van der Waals surface area contributed by atoms with E-state index in [2.05, 4.69) is 54.0 Å². The van der Waals surface area contributed by atoms with Gasteiger partial charge in [0.25, 0.3) is 0 Å². The number of nitrogens with one attached hydrogen (secondary N) is 1. The van der Waals surface area contributed by atoms with Crippen molar-refractivity contribution in [3.8, 4) is 5.75 Å². The Bertz CT molecular complexity index is 529. The fraction of sp³-hybridized carbons (Fsp3) is 0.412. The van der Waals surface area contributed by atoms with Gasteiger partial charge in [-0.2, -0.15) is 0 Å². The minimum atomic E-state index is 0.469. The van der Waals surface area contributed by atoms with E-state index in [9.17, 15) is 0 Å². The molecule has 0 spiro atoms. The molecule has 2 nitrogen and oxygen atoms in total. The third kappa shape index (κ3) is 2.89. The molecule has 0 saturated heterocycles. The Morgan fingerprint density at radius 3 is 2.55 bits per heavy atom. The first kappa shape index (κ1) is 13.7. The molecule has 106 valence electrons. The number of ether oxygens (including phenoxy) is 1. The van der Waals surface area contributed by atoms with Gasteiger partial charge in [-0.25, -0.2) is 0 Å². The van der Waals surface area contributed by atoms with Gasteiger partial charge in [0, 0.05) is 17.0 Å². The molecule has 1 aromatic heterocycles. The average molecular weight is 287 g/mol. The maximum absolute atomic E-state index is 5.20. The summed E-state index contributed by atoms with van der Waals surface area (Å²) in [5.41, 5.74) is 1.44. The molecular formula is C17H21NOS. The topological polar surface area (TPSA) is 21.3 Å². The fourth-order valence-corrected chi connectivity index (χ4v) is 3.62. The Hall–Kier alpha value is -1.32. The second kappa shape index (κ2) is 5.98. The third-order valence-corrected chi connectivity index (χ3v) is 5.24. The Labute approximate surface area is 124 Å². The molecule has 0 radical (unpaired) electrons. The third-order valence-electron chi connectivity index (χ3n) is 4.18. The summed E-state index contributed by atoms with van der Waals surface area (Å²) in [5, 5.41) is 5.87. The maximum Gasteiger partial charge on any atom is 0.118 e. The van der Waals surface area contributed by atoms with E-state index in [1.807, 2.05) is 11.3 Å². The first-order chi connectivity index (χ1) is 9.76. The van der Waals surface area contributed by atoms with Crippen LogP contribution in [0.15, 0.2) is 41.8 Å². The van der Waals surface area contributed by atoms with Crippen LogP contribution in [0.1, 0.15) is 42.2 Å². The van der Waals surface area contributed by atoms with E-state index in [1.165, 1.54) is 23.3 Å². The van der Waals surface area contributed by atoms with Crippen LogP contribution >= 0.6 is 11.3 Å². The predicted octanol–water partition coefficient (Wildman–Crippen LogP) is 4.35. The first-order valence-electron chi connectivity index (χ1n) is 7.19. The van der Waals surface area contributed by atoms with Crippen LogP contribution in [0.4, 0.5) is 0 Å². The van der Waals surface area contributed by atoms with Crippen LogP contribution in [0.5, 0.6) is 5.75 Å². The van der Waals surface area contributed by atoms with Gasteiger partial charge in [-0.05, 0) is 54.8 Å². The molecule has 1 unspecified atom stereocenters. The van der Waals surface area contributed by atoms with E-state index < -0.39 is 0 Å². The molecule has 1 atom stereocenters. The summed E-state index contributed by atoms with van der Waals surface area (Å²) in [5.74, 6) is 1.64. The number of rotatable bonds is 5. The zero-order valence-electron chi connectivity index (χ0n) is 12.0. The van der Waals surface area contributed by atoms with Crippen molar-refractivity contribution in [1.29, 1.82) is 0 Å². The monoisotopic (exact) mass is 287 g/mol. The lowest BCUT2D eigenvalue weighted by atomic mass is 9.75. The first-order valence-corrected chi connectivity index (χ1v) is 8.07. The largest absolute Gasteiger partial charge is 0.497 e. The second-order valence-electron chi connectivity index (χ2n) is 5.54. The van der Waals surface area contributed by atoms with E-state index in [0.717, 1.165) is 5.75 Å². The lowest BCUT2D eigenvalue weighted by Gasteiger charge is -2.38. The van der Waals surface area contributed by atoms with Crippen molar-refractivity contribution in [1.82, 2.24) is 5.32 Å². The van der Waals surface area contributed by atoms with Gasteiger partial charge in [0.1, 0.15) is 5.75 Å². The zero-order valence-corrected chi connectivity index (χ0v) is 12.8. The highest BCUT2D eigenvalue weighted by atomic mass is 32.1. The number of benzene rings is 1. The summed E-state index contributed by atoms with van der Waals surface area (Å²) in [6, 6.07) is 14.0. The van der Waals surface area contributed by atoms with Crippen LogP contribution in [0.25, 0.3) is 0 Å². The van der Waals surface area contributed by atoms with Gasteiger partial charge in [-0.1, -0.05) is 18.2 Å². The summed E-state index contributed by atoms with van der Waals surface area (Å²) in [4.78, 5) is 1.43. The lowest BCUT2D eigenvalue weighted by Crippen LogP contribution is -2.41. The molecule has 0 amide bonds. The second-order valence-corrected chi connectivity index (χ2v) is 6.52. The van der Waals surface area contributed by atoms with Crippen LogP contribution in [0.2, 0.25) is 0 Å². The van der Waals surface area contributed by atoms with Crippen molar-refractivity contribution in [3.63, 3.8) is 0 Å². The molecule has 0 bridgehead atoms. The minimum absolute atomic E-state index is 0.469. The summed E-state index contributed by atoms with van der Waals surface area (Å²) in [7, 11) is 1.71. The quantitative estimate of drug-likeness (QED) is 0.882. The highest BCUT2D eigenvalue weighted by molar-refractivity contribution is 7.10. The van der Waals surface area contributed by atoms with Gasteiger partial charge in [-0.15, -0.1) is 11.3 Å². The molecule has 1 aliphatic rings. The normalized spacial score (nSPS) is 23.1. The van der Waals surface area contributed by atoms with E-state index in [0.29, 0.717) is 18.0 Å². The molecule has 1 heterocycles. The predicted molar refractivity (Wildman–Crippen MR) is 84.6 cm³/mol. The zero-order chi connectivity index (χ0) is 13.9. The average Bonchev–Trinajstić information content (AvgIpc) is 2.96. The van der Waals surface area contributed by atoms with Gasteiger partial charge in [-0.3, -0.25) is 0 Å². The highest BCUT2D eigenvalue weighted by Crippen LogP contribution is 2.38. The van der Waals surface area contributed by atoms with Crippen LogP contribution in [-0.4, -0.2) is 13.2 Å². The molecule has 1 fully saturated rings. The SMILES string of the molecule is COc1ccc(C2CC(NC(C)c3cccs3)C2)cc1. The Balaban J connectivity index is 1.50. The lowest BCUT2D eigenvalue weighted by molar-refractivity contribution is 0.272. The number of hydrogen-bond donors (Lipinski definition) is 1. The molecule has 0 aliphatic heterocycles. The van der Waals surface area contributed by atoms with Gasteiger partial charge in [0.2, 0.25) is 0 Å². The van der Waals surface area contributed by atoms with Crippen LogP contribution < -0.4 is 10.1 Å². The van der Waals surface area contributed by atoms with Crippen LogP contribution in [0.3, 0.4) is 0 Å². The Morgan fingerprint density at radius 1 is 1.20 bits per heavy atom. The van der Waals surface area contributed by atoms with E-state index >= 15 is 0 Å². The van der Waals surface area contributed by atoms with Crippen LogP contribution in [-0.2, 0) is 0 Å². The van der Waals surface area contributed by atoms with E-state index in [4.69, 9.17) is 4.74 Å². The molecule has 1 aliphatic carbocycles. The smallest absolute Gasteiger partial charge is 0.118 e. The summed E-state index contributed by atoms with van der Waals surface area (Å²) in [6.07, 6.45) is 2.48. The van der Waals surface area contributed by atoms with Gasteiger partial charge in [0.05, 0.1) is 7.11 Å². The van der Waals surface area contributed by atoms with Gasteiger partial charge < -0.3 is 10.1 Å². The maximum atomic E-state index is 5.20. The molecule has 1 aromatic carbocycles. The fourth-order valence-electron chi connectivity index (χ4n) is 2.88. The number of methoxy groups -OCH3 is 1. The Kier molecular flexibility index (Phi) is 4.08. The Morgan fingerprint density at radius 2 is 1.95 bits per heavy atom. The molecule has 1 N–H and O–H groups in total. The van der Waals surface area contributed by atoms with Gasteiger partial charge >= 0.3 is 0 Å². The van der Waals surface area contributed by atoms with Crippen molar-refractivity contribution in [2.45, 2.75) is 37.8 Å². The molecule has 1 saturated carbocycles. The van der Waals surface area contributed by atoms with Crippen molar-refractivity contribution >= 4 is 11.3 Å². The van der Waals surface area contributed by atoms with Crippen LogP contribution in [0, 0.1) is 0 Å². The molecular weight excluding hydrogens is 266 g/mol. The van der Waals surface area contributed by atoms with Crippen molar-refractivity contribution in [3.05, 3.63) is 52.2 Å². The molecule has 2 aromatic rings. The van der Waals surface area contributed by atoms with Gasteiger partial charge in [0.15, 0.2) is 0 Å². The number of thiophene rings is 1. The van der Waals surface area contributed by atoms with Crippen molar-refractivity contribution in [2.24, 2.45) is 0 Å². The van der Waals surface area contributed by atoms with Crippen molar-refractivity contribution < 1.29 is 4.74 Å².